The van der Waals surface area contributed by atoms with Crippen molar-refractivity contribution < 1.29 is 13.9 Å². The molecular weight excluding hydrogens is 331 g/mol. The molecule has 134 valence electrons. The van der Waals surface area contributed by atoms with Crippen LogP contribution >= 0.6 is 12.4 Å². The number of ether oxygens (including phenoxy) is 1. The molecule has 0 aliphatic heterocycles. The molecule has 3 rings (SSSR count). The summed E-state index contributed by atoms with van der Waals surface area (Å²) in [5, 5.41) is 2.82. The molecule has 2 saturated carbocycles. The molecule has 4 nitrogen and oxygen atoms in total. The zero-order valence-electron chi connectivity index (χ0n) is 13.8. The van der Waals surface area contributed by atoms with E-state index in [9.17, 15) is 9.18 Å². The Morgan fingerprint density at radius 2 is 1.96 bits per heavy atom. The molecule has 24 heavy (non-hydrogen) atoms. The number of rotatable bonds is 5. The summed E-state index contributed by atoms with van der Waals surface area (Å²) in [6, 6.07) is 4.66. The monoisotopic (exact) mass is 356 g/mol. The molecule has 2 aliphatic carbocycles. The number of halogens is 2. The van der Waals surface area contributed by atoms with Gasteiger partial charge in [0.25, 0.3) is 0 Å². The Balaban J connectivity index is 0.00000208. The van der Waals surface area contributed by atoms with Crippen molar-refractivity contribution in [3.63, 3.8) is 0 Å². The minimum Gasteiger partial charge on any atom is -0.487 e. The van der Waals surface area contributed by atoms with Crippen molar-refractivity contribution >= 4 is 24.0 Å². The normalized spacial score (nSPS) is 23.8. The first kappa shape index (κ1) is 19.0. The highest BCUT2D eigenvalue weighted by Gasteiger charge is 2.32. The second-order valence-corrected chi connectivity index (χ2v) is 6.69. The third-order valence-electron chi connectivity index (χ3n) is 5.09. The molecule has 2 fully saturated rings. The summed E-state index contributed by atoms with van der Waals surface area (Å²) in [5.74, 6) is -0.0174. The van der Waals surface area contributed by atoms with Gasteiger partial charge in [-0.3, -0.25) is 4.79 Å². The third kappa shape index (κ3) is 4.39. The van der Waals surface area contributed by atoms with Crippen molar-refractivity contribution in [2.45, 2.75) is 51.0 Å². The molecule has 1 amide bonds. The van der Waals surface area contributed by atoms with Crippen LogP contribution in [0.5, 0.6) is 5.75 Å². The van der Waals surface area contributed by atoms with Crippen LogP contribution in [0.25, 0.3) is 0 Å². The van der Waals surface area contributed by atoms with E-state index in [1.165, 1.54) is 6.07 Å². The summed E-state index contributed by atoms with van der Waals surface area (Å²) in [5.41, 5.74) is 6.20. The fourth-order valence-corrected chi connectivity index (χ4v) is 3.76. The average Bonchev–Trinajstić information content (AvgIpc) is 3.20. The van der Waals surface area contributed by atoms with Gasteiger partial charge in [-0.25, -0.2) is 4.39 Å². The van der Waals surface area contributed by atoms with Crippen LogP contribution in [-0.2, 0) is 4.79 Å². The number of anilines is 1. The second kappa shape index (κ2) is 8.67. The number of hydrogen-bond acceptors (Lipinski definition) is 3. The first-order valence-corrected chi connectivity index (χ1v) is 8.64. The van der Waals surface area contributed by atoms with Crippen LogP contribution in [0.2, 0.25) is 0 Å². The highest BCUT2D eigenvalue weighted by atomic mass is 35.5. The highest BCUT2D eigenvalue weighted by molar-refractivity contribution is 5.93. The van der Waals surface area contributed by atoms with Gasteiger partial charge in [0, 0.05) is 17.7 Å². The number of amides is 1. The Bertz CT molecular complexity index is 564. The van der Waals surface area contributed by atoms with Gasteiger partial charge in [-0.05, 0) is 63.1 Å². The smallest absolute Gasteiger partial charge is 0.227 e. The van der Waals surface area contributed by atoms with Gasteiger partial charge in [0.15, 0.2) is 11.6 Å². The van der Waals surface area contributed by atoms with Crippen LogP contribution in [-0.4, -0.2) is 18.6 Å². The maximum atomic E-state index is 14.2. The fourth-order valence-electron chi connectivity index (χ4n) is 3.76. The van der Waals surface area contributed by atoms with Crippen molar-refractivity contribution in [2.24, 2.45) is 17.6 Å². The van der Waals surface area contributed by atoms with E-state index < -0.39 is 5.82 Å². The summed E-state index contributed by atoms with van der Waals surface area (Å²) < 4.78 is 19.9. The summed E-state index contributed by atoms with van der Waals surface area (Å²) in [6.45, 7) is 0.528. The number of carbonyl (C=O) groups is 1. The van der Waals surface area contributed by atoms with Gasteiger partial charge < -0.3 is 15.8 Å². The fraction of sp³-hybridized carbons (Fsp3) is 0.611. The van der Waals surface area contributed by atoms with Crippen molar-refractivity contribution in [1.29, 1.82) is 0 Å². The number of carbonyl (C=O) groups excluding carboxylic acids is 1. The van der Waals surface area contributed by atoms with Gasteiger partial charge >= 0.3 is 0 Å². The van der Waals surface area contributed by atoms with Crippen molar-refractivity contribution in [3.8, 4) is 5.75 Å². The average molecular weight is 357 g/mol. The van der Waals surface area contributed by atoms with Crippen LogP contribution in [0.4, 0.5) is 10.1 Å². The van der Waals surface area contributed by atoms with Crippen LogP contribution in [0.15, 0.2) is 18.2 Å². The number of nitrogens with one attached hydrogen (secondary N) is 1. The van der Waals surface area contributed by atoms with E-state index in [0.717, 1.165) is 44.9 Å². The Hall–Kier alpha value is -1.33. The predicted molar refractivity (Wildman–Crippen MR) is 95.0 cm³/mol. The first-order valence-electron chi connectivity index (χ1n) is 8.64. The molecule has 0 radical (unpaired) electrons. The molecule has 2 atom stereocenters. The van der Waals surface area contributed by atoms with Gasteiger partial charge in [-0.1, -0.05) is 6.42 Å². The van der Waals surface area contributed by atoms with Crippen LogP contribution in [0.3, 0.4) is 0 Å². The molecule has 0 heterocycles. The highest BCUT2D eigenvalue weighted by Crippen LogP contribution is 2.32. The van der Waals surface area contributed by atoms with E-state index in [2.05, 4.69) is 5.32 Å². The molecule has 3 N–H and O–H groups in total. The van der Waals surface area contributed by atoms with E-state index in [4.69, 9.17) is 10.5 Å². The summed E-state index contributed by atoms with van der Waals surface area (Å²) >= 11 is 0. The molecule has 6 heteroatoms. The third-order valence-corrected chi connectivity index (χ3v) is 5.09. The summed E-state index contributed by atoms with van der Waals surface area (Å²) in [6.07, 6.45) is 7.27. The van der Waals surface area contributed by atoms with Gasteiger partial charge in [0.05, 0.1) is 6.10 Å². The summed E-state index contributed by atoms with van der Waals surface area (Å²) in [7, 11) is 0. The van der Waals surface area contributed by atoms with Crippen molar-refractivity contribution in [3.05, 3.63) is 24.0 Å². The predicted octanol–water partition coefficient (Wildman–Crippen LogP) is 3.88. The minimum absolute atomic E-state index is 0. The molecule has 2 aliphatic rings. The number of hydrogen-bond donors (Lipinski definition) is 2. The SMILES string of the molecule is Cl.NC[C@H]1CCC[C@H]1C(=O)Nc1ccc(OC2CCCC2)c(F)c1. The minimum atomic E-state index is -0.420. The van der Waals surface area contributed by atoms with E-state index in [1.54, 1.807) is 12.1 Å². The van der Waals surface area contributed by atoms with Gasteiger partial charge in [-0.2, -0.15) is 0 Å². The number of benzene rings is 1. The van der Waals surface area contributed by atoms with Gasteiger partial charge in [-0.15, -0.1) is 12.4 Å². The van der Waals surface area contributed by atoms with Crippen LogP contribution in [0.1, 0.15) is 44.9 Å². The lowest BCUT2D eigenvalue weighted by molar-refractivity contribution is -0.120. The maximum Gasteiger partial charge on any atom is 0.227 e. The molecule has 0 aromatic heterocycles. The summed E-state index contributed by atoms with van der Waals surface area (Å²) in [4.78, 5) is 12.3. The Labute approximate surface area is 148 Å². The lowest BCUT2D eigenvalue weighted by Crippen LogP contribution is -2.29. The van der Waals surface area contributed by atoms with Crippen LogP contribution < -0.4 is 15.8 Å². The molecule has 1 aromatic carbocycles. The number of nitrogens with two attached hydrogens (primary N) is 1. The van der Waals surface area contributed by atoms with E-state index in [1.807, 2.05) is 0 Å². The zero-order valence-corrected chi connectivity index (χ0v) is 14.6. The maximum absolute atomic E-state index is 14.2. The van der Waals surface area contributed by atoms with Gasteiger partial charge in [0.2, 0.25) is 5.91 Å². The van der Waals surface area contributed by atoms with Crippen LogP contribution in [0, 0.1) is 17.7 Å². The lowest BCUT2D eigenvalue weighted by atomic mass is 9.95. The second-order valence-electron chi connectivity index (χ2n) is 6.69. The largest absolute Gasteiger partial charge is 0.487 e. The van der Waals surface area contributed by atoms with E-state index in [-0.39, 0.29) is 42.0 Å². The standard InChI is InChI=1S/C18H25FN2O2.ClH/c19-16-10-13(8-9-17(16)23-14-5-1-2-6-14)21-18(22)15-7-3-4-12(15)11-20;/h8-10,12,14-15H,1-7,11,20H2,(H,21,22);1H/t12-,15-;/m1./s1. The zero-order chi connectivity index (χ0) is 16.2. The first-order chi connectivity index (χ1) is 11.2. The molecule has 0 spiro atoms. The molecule has 0 saturated heterocycles. The Morgan fingerprint density at radius 1 is 1.21 bits per heavy atom. The topological polar surface area (TPSA) is 64.4 Å². The Morgan fingerprint density at radius 3 is 2.62 bits per heavy atom. The lowest BCUT2D eigenvalue weighted by Gasteiger charge is -2.18. The van der Waals surface area contributed by atoms with E-state index in [0.29, 0.717) is 12.2 Å². The Kier molecular flexibility index (Phi) is 6.87. The quantitative estimate of drug-likeness (QED) is 0.841. The van der Waals surface area contributed by atoms with Crippen molar-refractivity contribution in [1.82, 2.24) is 0 Å². The molecular formula is C18H26ClFN2O2. The molecule has 0 bridgehead atoms. The van der Waals surface area contributed by atoms with Crippen molar-refractivity contribution in [2.75, 3.05) is 11.9 Å². The molecule has 1 aromatic rings. The van der Waals surface area contributed by atoms with E-state index >= 15 is 0 Å². The van der Waals surface area contributed by atoms with Gasteiger partial charge in [0.1, 0.15) is 0 Å². The molecule has 0 unspecified atom stereocenters.